The second-order valence-corrected chi connectivity index (χ2v) is 6.47. The quantitative estimate of drug-likeness (QED) is 0.418. The molecular formula is C21H18Cl2N2O. The summed E-state index contributed by atoms with van der Waals surface area (Å²) in [5, 5.41) is 5.34. The van der Waals surface area contributed by atoms with E-state index in [-0.39, 0.29) is 0 Å². The molecule has 26 heavy (non-hydrogen) atoms. The van der Waals surface area contributed by atoms with Gasteiger partial charge in [-0.3, -0.25) is 0 Å². The van der Waals surface area contributed by atoms with Crippen molar-refractivity contribution in [2.24, 2.45) is 5.10 Å². The Labute approximate surface area is 163 Å². The van der Waals surface area contributed by atoms with Gasteiger partial charge < -0.3 is 10.2 Å². The lowest BCUT2D eigenvalue weighted by molar-refractivity contribution is 0.306. The van der Waals surface area contributed by atoms with Crippen LogP contribution in [-0.4, -0.2) is 6.21 Å². The number of ether oxygens (including phenoxy) is 1. The Morgan fingerprint density at radius 1 is 0.846 bits per heavy atom. The first kappa shape index (κ1) is 18.3. The van der Waals surface area contributed by atoms with Crippen LogP contribution in [0.1, 0.15) is 16.7 Å². The van der Waals surface area contributed by atoms with Crippen LogP contribution < -0.4 is 10.2 Å². The highest BCUT2D eigenvalue weighted by Gasteiger charge is 2.03. The van der Waals surface area contributed by atoms with Crippen LogP contribution in [0.5, 0.6) is 5.75 Å². The van der Waals surface area contributed by atoms with E-state index in [9.17, 15) is 0 Å². The molecule has 3 nitrogen and oxygen atoms in total. The van der Waals surface area contributed by atoms with Crippen LogP contribution in [0.15, 0.2) is 77.9 Å². The Kier molecular flexibility index (Phi) is 6.53. The molecule has 0 aliphatic heterocycles. The molecule has 0 saturated carbocycles. The highest BCUT2D eigenvalue weighted by Crippen LogP contribution is 2.24. The molecule has 0 aliphatic rings. The summed E-state index contributed by atoms with van der Waals surface area (Å²) in [6.45, 7) is 1.07. The van der Waals surface area contributed by atoms with E-state index in [1.54, 1.807) is 12.3 Å². The van der Waals surface area contributed by atoms with Crippen molar-refractivity contribution in [3.05, 3.63) is 99.5 Å². The average molecular weight is 385 g/mol. The third-order valence-corrected chi connectivity index (χ3v) is 4.46. The van der Waals surface area contributed by atoms with E-state index in [4.69, 9.17) is 27.9 Å². The maximum Gasteiger partial charge on any atom is 0.128 e. The van der Waals surface area contributed by atoms with Gasteiger partial charge in [0.25, 0.3) is 0 Å². The molecule has 0 heterocycles. The molecule has 5 heteroatoms. The van der Waals surface area contributed by atoms with E-state index in [1.807, 2.05) is 54.6 Å². The molecule has 0 fully saturated rings. The van der Waals surface area contributed by atoms with Gasteiger partial charge in [0.05, 0.1) is 22.8 Å². The van der Waals surface area contributed by atoms with Crippen LogP contribution in [0.4, 0.5) is 0 Å². The zero-order chi connectivity index (χ0) is 18.2. The predicted molar refractivity (Wildman–Crippen MR) is 108 cm³/mol. The molecule has 0 radical (unpaired) electrons. The normalized spacial score (nSPS) is 10.8. The molecule has 3 aromatic carbocycles. The minimum atomic E-state index is 0.402. The summed E-state index contributed by atoms with van der Waals surface area (Å²) in [6, 6.07) is 23.3. The molecule has 0 amide bonds. The number of hydrazone groups is 1. The van der Waals surface area contributed by atoms with Crippen molar-refractivity contribution in [3.63, 3.8) is 0 Å². The summed E-state index contributed by atoms with van der Waals surface area (Å²) in [5.74, 6) is 0.754. The van der Waals surface area contributed by atoms with Crippen molar-refractivity contribution in [2.45, 2.75) is 13.2 Å². The fraction of sp³-hybridized carbons (Fsp3) is 0.0952. The zero-order valence-electron chi connectivity index (χ0n) is 14.0. The van der Waals surface area contributed by atoms with Crippen LogP contribution in [0, 0.1) is 0 Å². The van der Waals surface area contributed by atoms with Gasteiger partial charge in [0, 0.05) is 5.56 Å². The predicted octanol–water partition coefficient (Wildman–Crippen LogP) is 5.70. The topological polar surface area (TPSA) is 33.6 Å². The molecule has 3 rings (SSSR count). The van der Waals surface area contributed by atoms with Crippen molar-refractivity contribution < 1.29 is 4.74 Å². The summed E-state index contributed by atoms with van der Waals surface area (Å²) in [7, 11) is 0. The second-order valence-electron chi connectivity index (χ2n) is 5.65. The van der Waals surface area contributed by atoms with Gasteiger partial charge in [-0.2, -0.15) is 5.10 Å². The summed E-state index contributed by atoms with van der Waals surface area (Å²) in [6.07, 6.45) is 1.76. The molecule has 0 unspecified atom stereocenters. The van der Waals surface area contributed by atoms with Gasteiger partial charge in [-0.1, -0.05) is 71.7 Å². The Balaban J connectivity index is 1.60. The van der Waals surface area contributed by atoms with Crippen LogP contribution in [-0.2, 0) is 13.2 Å². The molecule has 132 valence electrons. The minimum absolute atomic E-state index is 0.402. The number of benzene rings is 3. The molecular weight excluding hydrogens is 367 g/mol. The highest BCUT2D eigenvalue weighted by atomic mass is 35.5. The summed E-state index contributed by atoms with van der Waals surface area (Å²) in [5.41, 5.74) is 6.07. The first-order chi connectivity index (χ1) is 12.7. The Morgan fingerprint density at radius 2 is 1.62 bits per heavy atom. The van der Waals surface area contributed by atoms with Gasteiger partial charge >= 0.3 is 0 Å². The monoisotopic (exact) mass is 384 g/mol. The van der Waals surface area contributed by atoms with Gasteiger partial charge in [0.2, 0.25) is 0 Å². The van der Waals surface area contributed by atoms with E-state index in [0.29, 0.717) is 23.2 Å². The number of para-hydroxylation sites is 1. The van der Waals surface area contributed by atoms with Crippen LogP contribution in [0.25, 0.3) is 0 Å². The largest absolute Gasteiger partial charge is 0.488 e. The SMILES string of the molecule is Clc1ccc(COc2ccccc2C=NNCc2ccccc2)cc1Cl. The van der Waals surface area contributed by atoms with Gasteiger partial charge in [0.15, 0.2) is 0 Å². The molecule has 0 aromatic heterocycles. The van der Waals surface area contributed by atoms with Crippen molar-refractivity contribution in [1.29, 1.82) is 0 Å². The van der Waals surface area contributed by atoms with Crippen molar-refractivity contribution >= 4 is 29.4 Å². The first-order valence-corrected chi connectivity index (χ1v) is 8.93. The van der Waals surface area contributed by atoms with E-state index in [1.165, 1.54) is 5.56 Å². The maximum absolute atomic E-state index is 6.04. The fourth-order valence-electron chi connectivity index (χ4n) is 2.36. The first-order valence-electron chi connectivity index (χ1n) is 8.18. The highest BCUT2D eigenvalue weighted by molar-refractivity contribution is 6.42. The van der Waals surface area contributed by atoms with Gasteiger partial charge in [-0.05, 0) is 35.4 Å². The molecule has 0 bridgehead atoms. The number of rotatable bonds is 7. The lowest BCUT2D eigenvalue weighted by atomic mass is 10.2. The van der Waals surface area contributed by atoms with Crippen molar-refractivity contribution in [3.8, 4) is 5.75 Å². The molecule has 0 aliphatic carbocycles. The molecule has 0 atom stereocenters. The molecule has 1 N–H and O–H groups in total. The summed E-state index contributed by atoms with van der Waals surface area (Å²) >= 11 is 12.0. The smallest absolute Gasteiger partial charge is 0.128 e. The lowest BCUT2D eigenvalue weighted by Gasteiger charge is -2.09. The number of nitrogens with one attached hydrogen (secondary N) is 1. The van der Waals surface area contributed by atoms with E-state index >= 15 is 0 Å². The maximum atomic E-state index is 6.04. The van der Waals surface area contributed by atoms with Gasteiger partial charge in [-0.15, -0.1) is 0 Å². The van der Waals surface area contributed by atoms with Crippen molar-refractivity contribution in [1.82, 2.24) is 5.43 Å². The minimum Gasteiger partial charge on any atom is -0.488 e. The second kappa shape index (κ2) is 9.27. The Morgan fingerprint density at radius 3 is 2.42 bits per heavy atom. The average Bonchev–Trinajstić information content (AvgIpc) is 2.68. The zero-order valence-corrected chi connectivity index (χ0v) is 15.5. The number of hydrogen-bond acceptors (Lipinski definition) is 3. The number of nitrogens with zero attached hydrogens (tertiary/aromatic N) is 1. The van der Waals surface area contributed by atoms with E-state index in [2.05, 4.69) is 22.7 Å². The Hall–Kier alpha value is -2.49. The standard InChI is InChI=1S/C21H18Cl2N2O/c22-19-11-10-17(12-20(19)23)15-26-21-9-5-4-8-18(21)14-25-24-13-16-6-2-1-3-7-16/h1-12,14,24H,13,15H2. The summed E-state index contributed by atoms with van der Waals surface area (Å²) < 4.78 is 5.91. The molecule has 3 aromatic rings. The van der Waals surface area contributed by atoms with Crippen LogP contribution >= 0.6 is 23.2 Å². The molecule has 0 saturated heterocycles. The van der Waals surface area contributed by atoms with Gasteiger partial charge in [0.1, 0.15) is 12.4 Å². The summed E-state index contributed by atoms with van der Waals surface area (Å²) in [4.78, 5) is 0. The third-order valence-electron chi connectivity index (χ3n) is 3.72. The van der Waals surface area contributed by atoms with Crippen LogP contribution in [0.2, 0.25) is 10.0 Å². The lowest BCUT2D eigenvalue weighted by Crippen LogP contribution is -2.06. The molecule has 0 spiro atoms. The number of halogens is 2. The Bertz CT molecular complexity index is 882. The fourth-order valence-corrected chi connectivity index (χ4v) is 2.68. The van der Waals surface area contributed by atoms with Crippen LogP contribution in [0.3, 0.4) is 0 Å². The van der Waals surface area contributed by atoms with E-state index in [0.717, 1.165) is 16.9 Å². The van der Waals surface area contributed by atoms with E-state index < -0.39 is 0 Å². The van der Waals surface area contributed by atoms with Crippen molar-refractivity contribution in [2.75, 3.05) is 0 Å². The van der Waals surface area contributed by atoms with Gasteiger partial charge in [-0.25, -0.2) is 0 Å². The third kappa shape index (κ3) is 5.25. The number of hydrogen-bond donors (Lipinski definition) is 1.